The van der Waals surface area contributed by atoms with Crippen LogP contribution in [-0.4, -0.2) is 10.8 Å². The summed E-state index contributed by atoms with van der Waals surface area (Å²) in [6.07, 6.45) is 0.474. The van der Waals surface area contributed by atoms with E-state index < -0.39 is 0 Å². The fourth-order valence-corrected chi connectivity index (χ4v) is 2.79. The van der Waals surface area contributed by atoms with Crippen molar-refractivity contribution in [2.75, 3.05) is 0 Å². The summed E-state index contributed by atoms with van der Waals surface area (Å²) in [5, 5.41) is 3.07. The van der Waals surface area contributed by atoms with Gasteiger partial charge in [-0.2, -0.15) is 0 Å². The van der Waals surface area contributed by atoms with Gasteiger partial charge in [0.15, 0.2) is 0 Å². The molecule has 0 bridgehead atoms. The first-order valence-corrected chi connectivity index (χ1v) is 7.88. The van der Waals surface area contributed by atoms with Crippen LogP contribution >= 0.6 is 11.3 Å². The quantitative estimate of drug-likeness (QED) is 0.833. The number of ketones is 1. The number of ether oxygens (including phenoxy) is 1. The molecule has 0 radical (unpaired) electrons. The topological polar surface area (TPSA) is 39.2 Å². The van der Waals surface area contributed by atoms with Crippen LogP contribution in [0.1, 0.15) is 44.0 Å². The van der Waals surface area contributed by atoms with Crippen molar-refractivity contribution < 1.29 is 9.53 Å². The molecule has 0 N–H and O–H groups in total. The van der Waals surface area contributed by atoms with E-state index in [0.717, 1.165) is 22.0 Å². The van der Waals surface area contributed by atoms with E-state index >= 15 is 0 Å². The average Bonchev–Trinajstić information content (AvgIpc) is 2.86. The summed E-state index contributed by atoms with van der Waals surface area (Å²) >= 11 is 1.63. The Morgan fingerprint density at radius 3 is 2.43 bits per heavy atom. The highest BCUT2D eigenvalue weighted by Crippen LogP contribution is 2.24. The van der Waals surface area contributed by atoms with Crippen LogP contribution in [0.5, 0.6) is 5.75 Å². The van der Waals surface area contributed by atoms with Crippen LogP contribution in [0.4, 0.5) is 0 Å². The molecule has 1 aromatic carbocycles. The van der Waals surface area contributed by atoms with Crippen LogP contribution in [0.2, 0.25) is 0 Å². The van der Waals surface area contributed by atoms with E-state index in [-0.39, 0.29) is 11.2 Å². The Kier molecular flexibility index (Phi) is 4.78. The molecule has 0 aliphatic heterocycles. The lowest BCUT2D eigenvalue weighted by Crippen LogP contribution is -2.11. The van der Waals surface area contributed by atoms with E-state index in [9.17, 15) is 4.79 Å². The Bertz CT molecular complexity index is 608. The van der Waals surface area contributed by atoms with Gasteiger partial charge in [-0.1, -0.05) is 32.9 Å². The number of thiazole rings is 1. The maximum Gasteiger partial charge on any atom is 0.140 e. The first kappa shape index (κ1) is 15.7. The van der Waals surface area contributed by atoms with Crippen LogP contribution in [0.15, 0.2) is 29.6 Å². The monoisotopic (exact) mass is 303 g/mol. The molecule has 1 aromatic heterocycles. The second kappa shape index (κ2) is 6.39. The van der Waals surface area contributed by atoms with Gasteiger partial charge in [0, 0.05) is 17.2 Å². The first-order valence-electron chi connectivity index (χ1n) is 7.00. The maximum atomic E-state index is 11.1. The van der Waals surface area contributed by atoms with Crippen LogP contribution in [0.3, 0.4) is 0 Å². The van der Waals surface area contributed by atoms with Gasteiger partial charge < -0.3 is 4.74 Å². The molecule has 0 atom stereocenters. The zero-order valence-corrected chi connectivity index (χ0v) is 13.8. The van der Waals surface area contributed by atoms with E-state index in [1.165, 1.54) is 0 Å². The minimum Gasteiger partial charge on any atom is -0.486 e. The average molecular weight is 303 g/mol. The third-order valence-electron chi connectivity index (χ3n) is 3.06. The predicted molar refractivity (Wildman–Crippen MR) is 86.0 cm³/mol. The lowest BCUT2D eigenvalue weighted by Gasteiger charge is -2.14. The van der Waals surface area contributed by atoms with Gasteiger partial charge >= 0.3 is 0 Å². The van der Waals surface area contributed by atoms with E-state index in [0.29, 0.717) is 13.0 Å². The van der Waals surface area contributed by atoms with Crippen molar-refractivity contribution in [3.63, 3.8) is 0 Å². The number of hydrogen-bond acceptors (Lipinski definition) is 4. The molecule has 0 spiro atoms. The van der Waals surface area contributed by atoms with Crippen molar-refractivity contribution in [3.8, 4) is 5.75 Å². The molecule has 4 heteroatoms. The van der Waals surface area contributed by atoms with Crippen molar-refractivity contribution in [1.29, 1.82) is 0 Å². The van der Waals surface area contributed by atoms with Gasteiger partial charge in [0.2, 0.25) is 0 Å². The minimum absolute atomic E-state index is 0.0725. The number of Topliss-reactive ketones (excluding diaryl/α,β-unsaturated/α-hetero) is 1. The normalized spacial score (nSPS) is 11.4. The van der Waals surface area contributed by atoms with E-state index in [1.54, 1.807) is 18.3 Å². The highest BCUT2D eigenvalue weighted by atomic mass is 32.1. The summed E-state index contributed by atoms with van der Waals surface area (Å²) in [5.41, 5.74) is 2.19. The van der Waals surface area contributed by atoms with E-state index in [4.69, 9.17) is 4.74 Å². The Hall–Kier alpha value is -1.68. The molecular formula is C17H21NO2S. The molecule has 2 rings (SSSR count). The zero-order chi connectivity index (χ0) is 15.5. The van der Waals surface area contributed by atoms with E-state index in [1.807, 2.05) is 24.3 Å². The molecule has 1 heterocycles. The van der Waals surface area contributed by atoms with E-state index in [2.05, 4.69) is 31.1 Å². The van der Waals surface area contributed by atoms with Gasteiger partial charge in [0.25, 0.3) is 0 Å². The molecule has 0 saturated heterocycles. The molecule has 21 heavy (non-hydrogen) atoms. The van der Waals surface area contributed by atoms with Crippen molar-refractivity contribution in [2.45, 2.75) is 46.1 Å². The first-order chi connectivity index (χ1) is 9.84. The SMILES string of the molecule is CC(=O)Cc1ccc(OCc2nc(C(C)(C)C)cs2)cc1. The summed E-state index contributed by atoms with van der Waals surface area (Å²) in [6.45, 7) is 8.54. The molecule has 3 nitrogen and oxygen atoms in total. The number of benzene rings is 1. The van der Waals surface area contributed by atoms with Crippen LogP contribution in [0, 0.1) is 0 Å². The number of carbonyl (C=O) groups excluding carboxylic acids is 1. The number of rotatable bonds is 5. The summed E-state index contributed by atoms with van der Waals surface area (Å²) in [4.78, 5) is 15.7. The maximum absolute atomic E-state index is 11.1. The molecule has 0 saturated carbocycles. The highest BCUT2D eigenvalue weighted by molar-refractivity contribution is 7.09. The smallest absolute Gasteiger partial charge is 0.140 e. The summed E-state index contributed by atoms with van der Waals surface area (Å²) < 4.78 is 5.74. The minimum atomic E-state index is 0.0725. The van der Waals surface area contributed by atoms with Crippen LogP contribution < -0.4 is 4.74 Å². The standard InChI is InChI=1S/C17H21NO2S/c1-12(19)9-13-5-7-14(8-6-13)20-10-16-18-15(11-21-16)17(2,3)4/h5-8,11H,9-10H2,1-4H3. The van der Waals surface area contributed by atoms with Gasteiger partial charge in [-0.05, 0) is 24.6 Å². The molecule has 0 aliphatic rings. The summed E-state index contributed by atoms with van der Waals surface area (Å²) in [5.74, 6) is 0.968. The predicted octanol–water partition coefficient (Wildman–Crippen LogP) is 4.15. The number of carbonyl (C=O) groups is 1. The van der Waals surface area contributed by atoms with Gasteiger partial charge in [-0.25, -0.2) is 4.98 Å². The second-order valence-electron chi connectivity index (χ2n) is 6.19. The van der Waals surface area contributed by atoms with Gasteiger partial charge in [0.1, 0.15) is 23.1 Å². The summed E-state index contributed by atoms with van der Waals surface area (Å²) in [7, 11) is 0. The number of hydrogen-bond donors (Lipinski definition) is 0. The third-order valence-corrected chi connectivity index (χ3v) is 3.88. The lowest BCUT2D eigenvalue weighted by atomic mass is 9.93. The molecule has 0 amide bonds. The number of nitrogens with zero attached hydrogens (tertiary/aromatic N) is 1. The Morgan fingerprint density at radius 2 is 1.90 bits per heavy atom. The molecular weight excluding hydrogens is 282 g/mol. The van der Waals surface area contributed by atoms with Crippen molar-refractivity contribution >= 4 is 17.1 Å². The van der Waals surface area contributed by atoms with Crippen molar-refractivity contribution in [2.24, 2.45) is 0 Å². The van der Waals surface area contributed by atoms with Crippen LogP contribution in [0.25, 0.3) is 0 Å². The summed E-state index contributed by atoms with van der Waals surface area (Å²) in [6, 6.07) is 7.66. The van der Waals surface area contributed by atoms with Crippen LogP contribution in [-0.2, 0) is 23.2 Å². The molecule has 112 valence electrons. The largest absolute Gasteiger partial charge is 0.486 e. The molecule has 2 aromatic rings. The lowest BCUT2D eigenvalue weighted by molar-refractivity contribution is -0.116. The fourth-order valence-electron chi connectivity index (χ4n) is 1.86. The Morgan fingerprint density at radius 1 is 1.24 bits per heavy atom. The van der Waals surface area contributed by atoms with Crippen molar-refractivity contribution in [3.05, 3.63) is 45.9 Å². The molecule has 0 unspecified atom stereocenters. The zero-order valence-electron chi connectivity index (χ0n) is 13.0. The van der Waals surface area contributed by atoms with Gasteiger partial charge in [-0.15, -0.1) is 11.3 Å². The van der Waals surface area contributed by atoms with Crippen molar-refractivity contribution in [1.82, 2.24) is 4.98 Å². The second-order valence-corrected chi connectivity index (χ2v) is 7.13. The Labute approximate surface area is 130 Å². The highest BCUT2D eigenvalue weighted by Gasteiger charge is 2.17. The fraction of sp³-hybridized carbons (Fsp3) is 0.412. The third kappa shape index (κ3) is 4.67. The molecule has 0 aliphatic carbocycles. The molecule has 0 fully saturated rings. The van der Waals surface area contributed by atoms with Gasteiger partial charge in [0.05, 0.1) is 5.69 Å². The number of aromatic nitrogens is 1. The van der Waals surface area contributed by atoms with Gasteiger partial charge in [-0.3, -0.25) is 4.79 Å². The Balaban J connectivity index is 1.94.